The molecule has 2 aromatic rings. The van der Waals surface area contributed by atoms with Crippen LogP contribution in [-0.4, -0.2) is 21.9 Å². The minimum atomic E-state index is -0.291. The number of amides is 2. The van der Waals surface area contributed by atoms with E-state index in [9.17, 15) is 9.18 Å². The topological polar surface area (TPSA) is 59.0 Å². The molecule has 1 atom stereocenters. The first-order chi connectivity index (χ1) is 10.1. The van der Waals surface area contributed by atoms with Crippen molar-refractivity contribution in [2.45, 2.75) is 19.5 Å². The third kappa shape index (κ3) is 4.17. The maximum Gasteiger partial charge on any atom is 0.315 e. The quantitative estimate of drug-likeness (QED) is 0.830. The van der Waals surface area contributed by atoms with E-state index in [-0.39, 0.29) is 17.9 Å². The van der Waals surface area contributed by atoms with Crippen LogP contribution in [0, 0.1) is 5.82 Å². The molecule has 21 heavy (non-hydrogen) atoms. The molecule has 0 radical (unpaired) electrons. The van der Waals surface area contributed by atoms with Crippen molar-refractivity contribution in [3.05, 3.63) is 60.7 Å². The smallest absolute Gasteiger partial charge is 0.315 e. The van der Waals surface area contributed by atoms with Gasteiger partial charge in [0.1, 0.15) is 5.82 Å². The highest BCUT2D eigenvalue weighted by molar-refractivity contribution is 5.74. The van der Waals surface area contributed by atoms with E-state index in [1.54, 1.807) is 35.2 Å². The van der Waals surface area contributed by atoms with Gasteiger partial charge in [-0.3, -0.25) is 0 Å². The molecule has 2 amide bonds. The van der Waals surface area contributed by atoms with Gasteiger partial charge < -0.3 is 10.6 Å². The van der Waals surface area contributed by atoms with Gasteiger partial charge in [-0.1, -0.05) is 6.08 Å². The molecule has 0 aliphatic heterocycles. The fraction of sp³-hybridized carbons (Fsp3) is 0.200. The molecular weight excluding hydrogens is 271 g/mol. The Balaban J connectivity index is 1.93. The third-order valence-electron chi connectivity index (χ3n) is 2.88. The van der Waals surface area contributed by atoms with E-state index in [0.717, 1.165) is 5.69 Å². The molecule has 1 aromatic carbocycles. The second-order valence-corrected chi connectivity index (χ2v) is 4.58. The Morgan fingerprint density at radius 3 is 2.81 bits per heavy atom. The summed E-state index contributed by atoms with van der Waals surface area (Å²) < 4.78 is 14.5. The van der Waals surface area contributed by atoms with Crippen molar-refractivity contribution in [2.75, 3.05) is 0 Å². The van der Waals surface area contributed by atoms with Crippen LogP contribution in [0.5, 0.6) is 0 Å². The average molecular weight is 288 g/mol. The molecule has 110 valence electrons. The molecular formula is C15H17FN4O. The van der Waals surface area contributed by atoms with Crippen LogP contribution in [0.2, 0.25) is 0 Å². The molecule has 2 rings (SSSR count). The first-order valence-corrected chi connectivity index (χ1v) is 6.56. The van der Waals surface area contributed by atoms with Gasteiger partial charge in [0.25, 0.3) is 0 Å². The van der Waals surface area contributed by atoms with Crippen LogP contribution in [0.25, 0.3) is 5.69 Å². The number of nitrogens with zero attached hydrogens (tertiary/aromatic N) is 2. The summed E-state index contributed by atoms with van der Waals surface area (Å²) in [7, 11) is 0. The molecule has 1 heterocycles. The minimum Gasteiger partial charge on any atom is -0.332 e. The van der Waals surface area contributed by atoms with Crippen molar-refractivity contribution >= 4 is 6.03 Å². The van der Waals surface area contributed by atoms with Crippen LogP contribution in [-0.2, 0) is 6.54 Å². The van der Waals surface area contributed by atoms with Gasteiger partial charge in [0, 0.05) is 12.2 Å². The van der Waals surface area contributed by atoms with E-state index in [4.69, 9.17) is 0 Å². The number of aromatic nitrogens is 2. The number of hydrogen-bond donors (Lipinski definition) is 2. The molecule has 0 fully saturated rings. The standard InChI is InChI=1S/C15H17FN4O/c1-3-11(2)18-15(21)17-10-13-8-9-20(19-13)14-6-4-12(16)5-7-14/h3-9,11H,1,10H2,2H3,(H2,17,18,21)/t11-/m0/s1. The van der Waals surface area contributed by atoms with E-state index in [1.807, 2.05) is 6.92 Å². The second-order valence-electron chi connectivity index (χ2n) is 4.58. The number of benzene rings is 1. The normalized spacial score (nSPS) is 11.7. The highest BCUT2D eigenvalue weighted by Gasteiger charge is 2.05. The number of rotatable bonds is 5. The molecule has 0 bridgehead atoms. The van der Waals surface area contributed by atoms with Gasteiger partial charge in [0.15, 0.2) is 0 Å². The highest BCUT2D eigenvalue weighted by atomic mass is 19.1. The molecule has 2 N–H and O–H groups in total. The van der Waals surface area contributed by atoms with Crippen molar-refractivity contribution in [3.63, 3.8) is 0 Å². The van der Waals surface area contributed by atoms with Crippen LogP contribution in [0.3, 0.4) is 0 Å². The zero-order valence-electron chi connectivity index (χ0n) is 11.7. The van der Waals surface area contributed by atoms with Gasteiger partial charge in [-0.05, 0) is 37.3 Å². The predicted molar refractivity (Wildman–Crippen MR) is 78.6 cm³/mol. The number of nitrogens with one attached hydrogen (secondary N) is 2. The first-order valence-electron chi connectivity index (χ1n) is 6.56. The molecule has 0 saturated carbocycles. The number of urea groups is 1. The number of carbonyl (C=O) groups is 1. The average Bonchev–Trinajstić information content (AvgIpc) is 2.94. The van der Waals surface area contributed by atoms with Crippen molar-refractivity contribution in [3.8, 4) is 5.69 Å². The number of hydrogen-bond acceptors (Lipinski definition) is 2. The largest absolute Gasteiger partial charge is 0.332 e. The van der Waals surface area contributed by atoms with Crippen LogP contribution >= 0.6 is 0 Å². The second kappa shape index (κ2) is 6.69. The lowest BCUT2D eigenvalue weighted by atomic mass is 10.3. The maximum absolute atomic E-state index is 12.9. The summed E-state index contributed by atoms with van der Waals surface area (Å²) in [5.41, 5.74) is 1.47. The Morgan fingerprint density at radius 2 is 2.14 bits per heavy atom. The molecule has 1 aromatic heterocycles. The van der Waals surface area contributed by atoms with Crippen molar-refractivity contribution in [1.82, 2.24) is 20.4 Å². The van der Waals surface area contributed by atoms with Crippen LogP contribution in [0.15, 0.2) is 49.2 Å². The van der Waals surface area contributed by atoms with E-state index < -0.39 is 0 Å². The zero-order chi connectivity index (χ0) is 15.2. The maximum atomic E-state index is 12.9. The predicted octanol–water partition coefficient (Wildman–Crippen LogP) is 2.39. The fourth-order valence-electron chi connectivity index (χ4n) is 1.68. The first kappa shape index (κ1) is 14.8. The molecule has 0 unspecified atom stereocenters. The molecule has 5 nitrogen and oxygen atoms in total. The summed E-state index contributed by atoms with van der Waals surface area (Å²) in [4.78, 5) is 11.6. The zero-order valence-corrected chi connectivity index (χ0v) is 11.7. The van der Waals surface area contributed by atoms with Crippen molar-refractivity contribution < 1.29 is 9.18 Å². The monoisotopic (exact) mass is 288 g/mol. The van der Waals surface area contributed by atoms with Crippen LogP contribution in [0.4, 0.5) is 9.18 Å². The van der Waals surface area contributed by atoms with Crippen molar-refractivity contribution in [1.29, 1.82) is 0 Å². The Kier molecular flexibility index (Phi) is 4.71. The molecule has 0 spiro atoms. The third-order valence-corrected chi connectivity index (χ3v) is 2.88. The summed E-state index contributed by atoms with van der Waals surface area (Å²) in [6, 6.07) is 7.44. The van der Waals surface area contributed by atoms with Gasteiger partial charge >= 0.3 is 6.03 Å². The molecule has 0 aliphatic rings. The lowest BCUT2D eigenvalue weighted by molar-refractivity contribution is 0.239. The Labute approximate surface area is 122 Å². The summed E-state index contributed by atoms with van der Waals surface area (Å²) in [6.45, 7) is 5.73. The summed E-state index contributed by atoms with van der Waals surface area (Å²) in [5.74, 6) is -0.291. The lowest BCUT2D eigenvalue weighted by Crippen LogP contribution is -2.39. The van der Waals surface area contributed by atoms with E-state index in [2.05, 4.69) is 22.3 Å². The summed E-state index contributed by atoms with van der Waals surface area (Å²) >= 11 is 0. The lowest BCUT2D eigenvalue weighted by Gasteiger charge is -2.09. The van der Waals surface area contributed by atoms with Crippen LogP contribution < -0.4 is 10.6 Å². The SMILES string of the molecule is C=C[C@H](C)NC(=O)NCc1ccn(-c2ccc(F)cc2)n1. The molecule has 0 saturated heterocycles. The van der Waals surface area contributed by atoms with Gasteiger partial charge in [0.2, 0.25) is 0 Å². The fourth-order valence-corrected chi connectivity index (χ4v) is 1.68. The van der Waals surface area contributed by atoms with Crippen LogP contribution in [0.1, 0.15) is 12.6 Å². The Bertz CT molecular complexity index is 621. The number of carbonyl (C=O) groups excluding carboxylic acids is 1. The molecule has 6 heteroatoms. The van der Waals surface area contributed by atoms with E-state index >= 15 is 0 Å². The summed E-state index contributed by atoms with van der Waals surface area (Å²) in [5, 5.41) is 9.72. The molecule has 0 aliphatic carbocycles. The number of halogens is 1. The van der Waals surface area contributed by atoms with E-state index in [1.165, 1.54) is 12.1 Å². The van der Waals surface area contributed by atoms with Crippen molar-refractivity contribution in [2.24, 2.45) is 0 Å². The van der Waals surface area contributed by atoms with Gasteiger partial charge in [-0.2, -0.15) is 5.10 Å². The van der Waals surface area contributed by atoms with Gasteiger partial charge in [-0.25, -0.2) is 13.9 Å². The van der Waals surface area contributed by atoms with Gasteiger partial charge in [-0.15, -0.1) is 6.58 Å². The Hall–Kier alpha value is -2.63. The Morgan fingerprint density at radius 1 is 1.43 bits per heavy atom. The summed E-state index contributed by atoms with van der Waals surface area (Å²) in [6.07, 6.45) is 3.40. The van der Waals surface area contributed by atoms with Gasteiger partial charge in [0.05, 0.1) is 17.9 Å². The minimum absolute atomic E-state index is 0.0956. The van der Waals surface area contributed by atoms with E-state index in [0.29, 0.717) is 12.2 Å². The highest BCUT2D eigenvalue weighted by Crippen LogP contribution is 2.08.